The van der Waals surface area contributed by atoms with Gasteiger partial charge in [-0.3, -0.25) is 0 Å². The van der Waals surface area contributed by atoms with Crippen molar-refractivity contribution in [1.29, 1.82) is 0 Å². The van der Waals surface area contributed by atoms with Crippen LogP contribution in [0.5, 0.6) is 0 Å². The number of rotatable bonds is 3. The molecule has 0 aliphatic heterocycles. The van der Waals surface area contributed by atoms with Crippen LogP contribution >= 0.6 is 0 Å². The molecule has 1 heterocycles. The van der Waals surface area contributed by atoms with E-state index in [9.17, 15) is 14.3 Å². The molecule has 1 aromatic heterocycles. The Morgan fingerprint density at radius 1 is 1.53 bits per heavy atom. The van der Waals surface area contributed by atoms with Crippen LogP contribution < -0.4 is 5.11 Å². The van der Waals surface area contributed by atoms with Crippen LogP contribution in [-0.2, 0) is 6.54 Å². The summed E-state index contributed by atoms with van der Waals surface area (Å²) < 4.78 is 15.1. The molecule has 0 saturated heterocycles. The molecule has 1 aromatic carbocycles. The Kier molecular flexibility index (Phi) is 2.83. The third-order valence-corrected chi connectivity index (χ3v) is 2.45. The van der Waals surface area contributed by atoms with E-state index >= 15 is 0 Å². The lowest BCUT2D eigenvalue weighted by molar-refractivity contribution is -0.256. The Labute approximate surface area is 97.7 Å². The zero-order valence-electron chi connectivity index (χ0n) is 9.61. The molecule has 0 N–H and O–H groups in total. The number of hydrogen-bond acceptors (Lipinski definition) is 3. The van der Waals surface area contributed by atoms with Crippen LogP contribution in [0.3, 0.4) is 0 Å². The van der Waals surface area contributed by atoms with Gasteiger partial charge in [-0.1, -0.05) is 19.9 Å². The minimum absolute atomic E-state index is 0.185. The molecule has 0 bridgehead atoms. The van der Waals surface area contributed by atoms with Crippen molar-refractivity contribution in [2.24, 2.45) is 5.92 Å². The van der Waals surface area contributed by atoms with Gasteiger partial charge in [0.1, 0.15) is 17.3 Å². The van der Waals surface area contributed by atoms with Gasteiger partial charge in [-0.05, 0) is 18.1 Å². The average Bonchev–Trinajstić information content (AvgIpc) is 2.57. The molecule has 0 spiro atoms. The van der Waals surface area contributed by atoms with E-state index in [1.165, 1.54) is 16.7 Å². The summed E-state index contributed by atoms with van der Waals surface area (Å²) in [5.41, 5.74) is 0.560. The summed E-state index contributed by atoms with van der Waals surface area (Å²) in [5, 5.41) is 11.0. The summed E-state index contributed by atoms with van der Waals surface area (Å²) >= 11 is 0. The number of aromatic carboxylic acids is 1. The summed E-state index contributed by atoms with van der Waals surface area (Å²) in [7, 11) is 0. The van der Waals surface area contributed by atoms with Crippen molar-refractivity contribution < 1.29 is 14.3 Å². The van der Waals surface area contributed by atoms with Crippen molar-refractivity contribution in [3.63, 3.8) is 0 Å². The molecule has 0 radical (unpaired) electrons. The van der Waals surface area contributed by atoms with Crippen molar-refractivity contribution in [1.82, 2.24) is 9.55 Å². The SMILES string of the molecule is CC(C)Cn1c(C(=O)[O-])nc2cccc(F)c21. The van der Waals surface area contributed by atoms with E-state index in [1.807, 2.05) is 13.8 Å². The maximum absolute atomic E-state index is 13.7. The van der Waals surface area contributed by atoms with Crippen LogP contribution in [0.2, 0.25) is 0 Å². The molecule has 2 rings (SSSR count). The lowest BCUT2D eigenvalue weighted by atomic mass is 10.2. The Hall–Kier alpha value is -1.91. The molecular formula is C12H12FN2O2-. The second kappa shape index (κ2) is 4.16. The number of imidazole rings is 1. The molecule has 17 heavy (non-hydrogen) atoms. The number of carboxylic acids is 1. The molecule has 0 aliphatic carbocycles. The van der Waals surface area contributed by atoms with Gasteiger partial charge in [0.2, 0.25) is 0 Å². The molecule has 0 amide bonds. The highest BCUT2D eigenvalue weighted by Crippen LogP contribution is 2.20. The van der Waals surface area contributed by atoms with E-state index in [0.717, 1.165) is 0 Å². The van der Waals surface area contributed by atoms with Crippen molar-refractivity contribution >= 4 is 17.0 Å². The van der Waals surface area contributed by atoms with Crippen LogP contribution in [0.4, 0.5) is 4.39 Å². The first-order valence-electron chi connectivity index (χ1n) is 5.36. The Morgan fingerprint density at radius 2 is 2.24 bits per heavy atom. The van der Waals surface area contributed by atoms with Gasteiger partial charge in [-0.2, -0.15) is 0 Å². The summed E-state index contributed by atoms with van der Waals surface area (Å²) in [4.78, 5) is 14.9. The summed E-state index contributed by atoms with van der Waals surface area (Å²) in [6.45, 7) is 4.23. The maximum Gasteiger partial charge on any atom is 0.156 e. The number of benzene rings is 1. The normalized spacial score (nSPS) is 11.3. The van der Waals surface area contributed by atoms with Crippen LogP contribution in [0, 0.1) is 11.7 Å². The van der Waals surface area contributed by atoms with Crippen LogP contribution in [0.1, 0.15) is 24.5 Å². The van der Waals surface area contributed by atoms with Crippen molar-refractivity contribution in [2.75, 3.05) is 0 Å². The predicted octanol–water partition coefficient (Wildman–Crippen LogP) is 1.19. The fourth-order valence-electron chi connectivity index (χ4n) is 1.84. The minimum Gasteiger partial charge on any atom is -0.542 e. The molecular weight excluding hydrogens is 223 g/mol. The number of fused-ring (bicyclic) bond motifs is 1. The molecule has 2 aromatic rings. The average molecular weight is 235 g/mol. The third kappa shape index (κ3) is 2.00. The highest BCUT2D eigenvalue weighted by molar-refractivity contribution is 5.88. The van der Waals surface area contributed by atoms with Gasteiger partial charge in [0.05, 0.1) is 5.52 Å². The first-order valence-corrected chi connectivity index (χ1v) is 5.36. The van der Waals surface area contributed by atoms with Gasteiger partial charge in [-0.15, -0.1) is 0 Å². The summed E-state index contributed by atoms with van der Waals surface area (Å²) in [6, 6.07) is 4.38. The monoisotopic (exact) mass is 235 g/mol. The highest BCUT2D eigenvalue weighted by atomic mass is 19.1. The molecule has 90 valence electrons. The molecule has 0 atom stereocenters. The van der Waals surface area contributed by atoms with Crippen molar-refractivity contribution in [3.8, 4) is 0 Å². The Morgan fingerprint density at radius 3 is 2.82 bits per heavy atom. The quantitative estimate of drug-likeness (QED) is 0.803. The lowest BCUT2D eigenvalue weighted by Gasteiger charge is -2.12. The van der Waals surface area contributed by atoms with E-state index in [2.05, 4.69) is 4.98 Å². The standard InChI is InChI=1S/C12H13FN2O2/c1-7(2)6-15-10-8(13)4-3-5-9(10)14-11(15)12(16)17/h3-5,7H,6H2,1-2H3,(H,16,17)/p-1. The molecule has 0 saturated carbocycles. The minimum atomic E-state index is -1.39. The van der Waals surface area contributed by atoms with Gasteiger partial charge in [0, 0.05) is 6.54 Å². The van der Waals surface area contributed by atoms with E-state index in [0.29, 0.717) is 12.1 Å². The number of halogens is 1. The number of carbonyl (C=O) groups is 1. The summed E-state index contributed by atoms with van der Waals surface area (Å²) in [5.74, 6) is -1.90. The molecule has 4 nitrogen and oxygen atoms in total. The number of carboxylic acid groups (broad SMARTS) is 1. The van der Waals surface area contributed by atoms with E-state index in [4.69, 9.17) is 0 Å². The fraction of sp³-hybridized carbons (Fsp3) is 0.333. The maximum atomic E-state index is 13.7. The molecule has 0 fully saturated rings. The van der Waals surface area contributed by atoms with Gasteiger partial charge in [-0.25, -0.2) is 9.37 Å². The third-order valence-electron chi connectivity index (χ3n) is 2.45. The first-order chi connectivity index (χ1) is 8.00. The molecule has 0 aliphatic rings. The van der Waals surface area contributed by atoms with Crippen LogP contribution in [0.25, 0.3) is 11.0 Å². The van der Waals surface area contributed by atoms with E-state index < -0.39 is 11.8 Å². The fourth-order valence-corrected chi connectivity index (χ4v) is 1.84. The zero-order chi connectivity index (χ0) is 12.6. The van der Waals surface area contributed by atoms with Crippen molar-refractivity contribution in [2.45, 2.75) is 20.4 Å². The van der Waals surface area contributed by atoms with Crippen LogP contribution in [0.15, 0.2) is 18.2 Å². The smallest absolute Gasteiger partial charge is 0.156 e. The number of para-hydroxylation sites is 1. The summed E-state index contributed by atoms with van der Waals surface area (Å²) in [6.07, 6.45) is 0. The predicted molar refractivity (Wildman–Crippen MR) is 58.9 cm³/mol. The number of nitrogens with zero attached hydrogens (tertiary/aromatic N) is 2. The topological polar surface area (TPSA) is 58.0 Å². The van der Waals surface area contributed by atoms with Gasteiger partial charge in [0.25, 0.3) is 0 Å². The molecule has 5 heteroatoms. The van der Waals surface area contributed by atoms with E-state index in [1.54, 1.807) is 6.07 Å². The lowest BCUT2D eigenvalue weighted by Crippen LogP contribution is -2.27. The molecule has 0 unspecified atom stereocenters. The first kappa shape index (κ1) is 11.6. The van der Waals surface area contributed by atoms with Crippen LogP contribution in [-0.4, -0.2) is 15.5 Å². The number of carbonyl (C=O) groups excluding carboxylic acids is 1. The number of aromatic nitrogens is 2. The highest BCUT2D eigenvalue weighted by Gasteiger charge is 2.15. The van der Waals surface area contributed by atoms with Gasteiger partial charge >= 0.3 is 0 Å². The Bertz CT molecular complexity index is 575. The largest absolute Gasteiger partial charge is 0.542 e. The second-order valence-corrected chi connectivity index (χ2v) is 4.33. The second-order valence-electron chi connectivity index (χ2n) is 4.33. The Balaban J connectivity index is 2.73. The van der Waals surface area contributed by atoms with Gasteiger partial charge in [0.15, 0.2) is 5.82 Å². The number of hydrogen-bond donors (Lipinski definition) is 0. The zero-order valence-corrected chi connectivity index (χ0v) is 9.61. The van der Waals surface area contributed by atoms with Gasteiger partial charge < -0.3 is 14.5 Å². The van der Waals surface area contributed by atoms with E-state index in [-0.39, 0.29) is 17.3 Å². The van der Waals surface area contributed by atoms with Crippen molar-refractivity contribution in [3.05, 3.63) is 29.8 Å².